The highest BCUT2D eigenvalue weighted by atomic mass is 32.1. The first-order chi connectivity index (χ1) is 14.3. The van der Waals surface area contributed by atoms with E-state index in [9.17, 15) is 0 Å². The summed E-state index contributed by atoms with van der Waals surface area (Å²) >= 11 is 3.40. The summed E-state index contributed by atoms with van der Waals surface area (Å²) in [6.07, 6.45) is 5.57. The molecule has 0 N–H and O–H groups in total. The fourth-order valence-corrected chi connectivity index (χ4v) is 5.31. The van der Waals surface area contributed by atoms with Gasteiger partial charge in [0, 0.05) is 29.7 Å². The van der Waals surface area contributed by atoms with Gasteiger partial charge in [0.1, 0.15) is 10.0 Å². The largest absolute Gasteiger partial charge is 0.264 e. The average Bonchev–Trinajstić information content (AvgIpc) is 3.42. The van der Waals surface area contributed by atoms with Crippen LogP contribution in [0.15, 0.2) is 85.3 Å². The maximum absolute atomic E-state index is 4.83. The molecule has 3 aromatic heterocycles. The van der Waals surface area contributed by atoms with Gasteiger partial charge in [0.2, 0.25) is 0 Å². The zero-order valence-corrected chi connectivity index (χ0v) is 17.4. The fourth-order valence-electron chi connectivity index (χ4n) is 3.19. The van der Waals surface area contributed by atoms with Crippen molar-refractivity contribution in [3.63, 3.8) is 0 Å². The van der Waals surface area contributed by atoms with Crippen molar-refractivity contribution in [3.8, 4) is 42.0 Å². The smallest absolute Gasteiger partial charge is 0.125 e. The van der Waals surface area contributed by atoms with Gasteiger partial charge < -0.3 is 0 Å². The molecule has 0 aliphatic heterocycles. The molecule has 29 heavy (non-hydrogen) atoms. The van der Waals surface area contributed by atoms with E-state index in [0.29, 0.717) is 0 Å². The Morgan fingerprint density at radius 1 is 0.655 bits per heavy atom. The topological polar surface area (TPSA) is 38.7 Å². The van der Waals surface area contributed by atoms with E-state index in [-0.39, 0.29) is 0 Å². The molecule has 5 aromatic rings. The van der Waals surface area contributed by atoms with E-state index >= 15 is 0 Å². The van der Waals surface area contributed by atoms with Crippen LogP contribution < -0.4 is 0 Å². The van der Waals surface area contributed by atoms with E-state index in [1.807, 2.05) is 30.6 Å². The molecule has 3 nitrogen and oxygen atoms in total. The van der Waals surface area contributed by atoms with Gasteiger partial charge >= 0.3 is 0 Å². The van der Waals surface area contributed by atoms with E-state index in [4.69, 9.17) is 4.98 Å². The first kappa shape index (κ1) is 17.9. The summed E-state index contributed by atoms with van der Waals surface area (Å²) in [7, 11) is 0. The van der Waals surface area contributed by atoms with Crippen LogP contribution in [0.5, 0.6) is 0 Å². The van der Waals surface area contributed by atoms with Crippen molar-refractivity contribution < 1.29 is 0 Å². The zero-order valence-electron chi connectivity index (χ0n) is 15.7. The van der Waals surface area contributed by atoms with Crippen molar-refractivity contribution in [1.82, 2.24) is 15.0 Å². The van der Waals surface area contributed by atoms with Gasteiger partial charge in [-0.2, -0.15) is 0 Å². The number of aryl methyl sites for hydroxylation is 1. The Labute approximate surface area is 177 Å². The van der Waals surface area contributed by atoms with Gasteiger partial charge in [-0.25, -0.2) is 9.97 Å². The lowest BCUT2D eigenvalue weighted by Gasteiger charge is -2.02. The van der Waals surface area contributed by atoms with E-state index in [0.717, 1.165) is 31.7 Å². The van der Waals surface area contributed by atoms with Gasteiger partial charge in [-0.05, 0) is 30.2 Å². The van der Waals surface area contributed by atoms with Crippen LogP contribution in [0.3, 0.4) is 0 Å². The van der Waals surface area contributed by atoms with Crippen LogP contribution in [-0.4, -0.2) is 15.0 Å². The van der Waals surface area contributed by atoms with E-state index in [1.54, 1.807) is 28.9 Å². The van der Waals surface area contributed by atoms with Gasteiger partial charge in [0.05, 0.1) is 15.4 Å². The van der Waals surface area contributed by atoms with Gasteiger partial charge in [-0.1, -0.05) is 54.6 Å². The summed E-state index contributed by atoms with van der Waals surface area (Å²) in [5.41, 5.74) is 5.66. The van der Waals surface area contributed by atoms with Crippen molar-refractivity contribution in [3.05, 3.63) is 91.0 Å². The number of nitrogens with zero attached hydrogens (tertiary/aromatic N) is 3. The minimum absolute atomic E-state index is 0.981. The summed E-state index contributed by atoms with van der Waals surface area (Å²) in [6.45, 7) is 2.07. The Kier molecular flexibility index (Phi) is 4.76. The fraction of sp³-hybridized carbons (Fsp3) is 0.0417. The lowest BCUT2D eigenvalue weighted by atomic mass is 10.0. The molecule has 0 unspecified atom stereocenters. The lowest BCUT2D eigenvalue weighted by molar-refractivity contribution is 1.27. The number of aromatic nitrogens is 3. The molecular formula is C24H17N3S2. The van der Waals surface area contributed by atoms with E-state index in [2.05, 4.69) is 65.4 Å². The lowest BCUT2D eigenvalue weighted by Crippen LogP contribution is -1.80. The van der Waals surface area contributed by atoms with Crippen molar-refractivity contribution in [1.29, 1.82) is 0 Å². The molecule has 2 aromatic carbocycles. The molecule has 0 radical (unpaired) electrons. The van der Waals surface area contributed by atoms with Gasteiger partial charge in [-0.15, -0.1) is 22.7 Å². The SMILES string of the molecule is Cc1nc(-c2ccc(-c3ccccc3)cc2)sc1-c1cnc(-c2cccnc2)s1. The third kappa shape index (κ3) is 3.62. The summed E-state index contributed by atoms with van der Waals surface area (Å²) in [4.78, 5) is 15.9. The zero-order chi connectivity index (χ0) is 19.6. The third-order valence-electron chi connectivity index (χ3n) is 4.67. The third-order valence-corrected chi connectivity index (χ3v) is 7.11. The molecule has 0 spiro atoms. The molecule has 0 saturated heterocycles. The maximum Gasteiger partial charge on any atom is 0.125 e. The molecule has 0 atom stereocenters. The maximum atomic E-state index is 4.83. The first-order valence-corrected chi connectivity index (χ1v) is 10.9. The average molecular weight is 412 g/mol. The summed E-state index contributed by atoms with van der Waals surface area (Å²) in [5.74, 6) is 0. The normalized spacial score (nSPS) is 10.9. The van der Waals surface area contributed by atoms with Crippen LogP contribution in [0, 0.1) is 6.92 Å². The van der Waals surface area contributed by atoms with Gasteiger partial charge in [-0.3, -0.25) is 4.98 Å². The Morgan fingerprint density at radius 2 is 1.38 bits per heavy atom. The molecule has 5 heteroatoms. The molecule has 3 heterocycles. The monoisotopic (exact) mass is 411 g/mol. The van der Waals surface area contributed by atoms with E-state index in [1.165, 1.54) is 16.0 Å². The molecule has 0 fully saturated rings. The molecule has 0 aliphatic rings. The molecule has 0 aliphatic carbocycles. The van der Waals surface area contributed by atoms with Crippen molar-refractivity contribution in [2.24, 2.45) is 0 Å². The second kappa shape index (κ2) is 7.70. The highest BCUT2D eigenvalue weighted by Gasteiger charge is 2.15. The number of hydrogen-bond donors (Lipinski definition) is 0. The predicted molar refractivity (Wildman–Crippen MR) is 122 cm³/mol. The van der Waals surface area contributed by atoms with Crippen molar-refractivity contribution in [2.45, 2.75) is 6.92 Å². The van der Waals surface area contributed by atoms with E-state index < -0.39 is 0 Å². The highest BCUT2D eigenvalue weighted by molar-refractivity contribution is 7.24. The number of rotatable bonds is 4. The Balaban J connectivity index is 1.44. The van der Waals surface area contributed by atoms with Crippen molar-refractivity contribution >= 4 is 22.7 Å². The number of benzene rings is 2. The number of hydrogen-bond acceptors (Lipinski definition) is 5. The van der Waals surface area contributed by atoms with Gasteiger partial charge in [0.25, 0.3) is 0 Å². The molecule has 0 saturated carbocycles. The second-order valence-corrected chi connectivity index (χ2v) is 8.68. The molecule has 0 bridgehead atoms. The summed E-state index contributed by atoms with van der Waals surface area (Å²) < 4.78 is 0. The highest BCUT2D eigenvalue weighted by Crippen LogP contribution is 2.40. The molecule has 5 rings (SSSR count). The predicted octanol–water partition coefficient (Wildman–Crippen LogP) is 6.97. The molecular weight excluding hydrogens is 394 g/mol. The minimum Gasteiger partial charge on any atom is -0.264 e. The van der Waals surface area contributed by atoms with Crippen LogP contribution in [-0.2, 0) is 0 Å². The molecule has 140 valence electrons. The van der Waals surface area contributed by atoms with Crippen LogP contribution in [0.4, 0.5) is 0 Å². The summed E-state index contributed by atoms with van der Waals surface area (Å²) in [6, 6.07) is 23.0. The Bertz CT molecular complexity index is 1240. The van der Waals surface area contributed by atoms with Crippen molar-refractivity contribution in [2.75, 3.05) is 0 Å². The Morgan fingerprint density at radius 3 is 2.14 bits per heavy atom. The van der Waals surface area contributed by atoms with Crippen LogP contribution in [0.1, 0.15) is 5.69 Å². The number of thiazole rings is 2. The molecule has 0 amide bonds. The minimum atomic E-state index is 0.981. The van der Waals surface area contributed by atoms with Crippen LogP contribution in [0.25, 0.3) is 42.0 Å². The quantitative estimate of drug-likeness (QED) is 0.320. The second-order valence-electron chi connectivity index (χ2n) is 6.65. The summed E-state index contributed by atoms with van der Waals surface area (Å²) in [5, 5.41) is 2.02. The standard InChI is InChI=1S/C24H17N3S2/c1-16-22(21-15-26-23(28-21)20-8-5-13-25-14-20)29-24(27-16)19-11-9-18(10-12-19)17-6-3-2-4-7-17/h2-15H,1H3. The first-order valence-electron chi connectivity index (χ1n) is 9.28. The van der Waals surface area contributed by atoms with Gasteiger partial charge in [0.15, 0.2) is 0 Å². The number of pyridine rings is 1. The Hall–Kier alpha value is -3.15. The van der Waals surface area contributed by atoms with Crippen LogP contribution in [0.2, 0.25) is 0 Å². The van der Waals surface area contributed by atoms with Crippen LogP contribution >= 0.6 is 22.7 Å².